The molecule has 7 nitrogen and oxygen atoms in total. The third kappa shape index (κ3) is 4.94. The molecule has 3 aromatic rings. The van der Waals surface area contributed by atoms with Gasteiger partial charge in [0.1, 0.15) is 6.61 Å². The topological polar surface area (TPSA) is 95.2 Å². The van der Waals surface area contributed by atoms with E-state index in [0.717, 1.165) is 11.3 Å². The van der Waals surface area contributed by atoms with Crippen molar-refractivity contribution in [2.45, 2.75) is 13.5 Å². The zero-order valence-corrected chi connectivity index (χ0v) is 15.2. The van der Waals surface area contributed by atoms with Crippen LogP contribution in [0.15, 0.2) is 54.6 Å². The van der Waals surface area contributed by atoms with Gasteiger partial charge in [0.25, 0.3) is 0 Å². The van der Waals surface area contributed by atoms with Gasteiger partial charge in [0, 0.05) is 5.69 Å². The molecule has 7 heteroatoms. The highest BCUT2D eigenvalue weighted by Gasteiger charge is 2.09. The Labute approximate surface area is 157 Å². The number of nitrogens with zero attached hydrogens (tertiary/aromatic N) is 3. The number of nitrogen functional groups attached to an aromatic ring is 1. The van der Waals surface area contributed by atoms with Gasteiger partial charge >= 0.3 is 0 Å². The molecule has 0 unspecified atom stereocenters. The molecule has 0 aliphatic heterocycles. The van der Waals surface area contributed by atoms with Crippen LogP contribution in [-0.2, 0) is 6.61 Å². The summed E-state index contributed by atoms with van der Waals surface area (Å²) in [6, 6.07) is 15.3. The second-order valence-corrected chi connectivity index (χ2v) is 5.62. The number of methoxy groups -OCH3 is 1. The molecule has 0 atom stereocenters. The van der Waals surface area contributed by atoms with Crippen molar-refractivity contribution in [1.29, 1.82) is 0 Å². The van der Waals surface area contributed by atoms with E-state index in [1.807, 2.05) is 67.6 Å². The van der Waals surface area contributed by atoms with E-state index < -0.39 is 0 Å². The number of anilines is 3. The lowest BCUT2D eigenvalue weighted by molar-refractivity contribution is 0.276. The van der Waals surface area contributed by atoms with Gasteiger partial charge in [-0.15, -0.1) is 0 Å². The molecule has 0 saturated heterocycles. The Morgan fingerprint density at radius 1 is 1.04 bits per heavy atom. The lowest BCUT2D eigenvalue weighted by Gasteiger charge is -2.12. The van der Waals surface area contributed by atoms with Crippen LogP contribution in [0.4, 0.5) is 17.6 Å². The number of aromatic nitrogens is 3. The van der Waals surface area contributed by atoms with E-state index in [9.17, 15) is 0 Å². The molecule has 0 spiro atoms. The van der Waals surface area contributed by atoms with E-state index in [0.29, 0.717) is 23.3 Å². The predicted octanol–water partition coefficient (Wildman–Crippen LogP) is 3.82. The second kappa shape index (κ2) is 8.66. The zero-order valence-electron chi connectivity index (χ0n) is 15.2. The Morgan fingerprint density at radius 3 is 2.59 bits per heavy atom. The minimum Gasteiger partial charge on any atom is -0.493 e. The van der Waals surface area contributed by atoms with Crippen LogP contribution >= 0.6 is 0 Å². The Hall–Kier alpha value is -3.61. The minimum atomic E-state index is 0.123. The number of hydrogen-bond donors (Lipinski definition) is 2. The maximum absolute atomic E-state index is 5.82. The molecule has 0 radical (unpaired) electrons. The molecule has 0 aliphatic carbocycles. The normalized spacial score (nSPS) is 10.7. The van der Waals surface area contributed by atoms with Crippen LogP contribution in [-0.4, -0.2) is 22.1 Å². The fourth-order valence-electron chi connectivity index (χ4n) is 2.45. The van der Waals surface area contributed by atoms with Crippen molar-refractivity contribution >= 4 is 23.7 Å². The number of allylic oxidation sites excluding steroid dienone is 1. The van der Waals surface area contributed by atoms with Gasteiger partial charge in [-0.2, -0.15) is 15.0 Å². The molecule has 2 aromatic carbocycles. The fraction of sp³-hybridized carbons (Fsp3) is 0.150. The van der Waals surface area contributed by atoms with Gasteiger partial charge < -0.3 is 20.5 Å². The van der Waals surface area contributed by atoms with Crippen molar-refractivity contribution in [2.24, 2.45) is 0 Å². The molecular formula is C20H21N5O2. The average molecular weight is 363 g/mol. The first kappa shape index (κ1) is 18.2. The van der Waals surface area contributed by atoms with Crippen LogP contribution in [0.2, 0.25) is 0 Å². The Kier molecular flexibility index (Phi) is 5.84. The molecule has 0 amide bonds. The summed E-state index contributed by atoms with van der Waals surface area (Å²) in [5.74, 6) is 2.14. The molecule has 0 saturated carbocycles. The summed E-state index contributed by atoms with van der Waals surface area (Å²) in [7, 11) is 1.60. The number of nitrogens with one attached hydrogen (secondary N) is 1. The van der Waals surface area contributed by atoms with E-state index in [1.165, 1.54) is 0 Å². The zero-order chi connectivity index (χ0) is 19.1. The highest BCUT2D eigenvalue weighted by Crippen LogP contribution is 2.29. The smallest absolute Gasteiger partial charge is 0.232 e. The van der Waals surface area contributed by atoms with Crippen molar-refractivity contribution in [3.8, 4) is 11.5 Å². The van der Waals surface area contributed by atoms with Crippen LogP contribution < -0.4 is 20.5 Å². The van der Waals surface area contributed by atoms with Crippen LogP contribution in [0.25, 0.3) is 6.08 Å². The van der Waals surface area contributed by atoms with Crippen molar-refractivity contribution in [1.82, 2.24) is 15.0 Å². The van der Waals surface area contributed by atoms with Crippen molar-refractivity contribution in [2.75, 3.05) is 18.2 Å². The van der Waals surface area contributed by atoms with E-state index in [2.05, 4.69) is 20.3 Å². The van der Waals surface area contributed by atoms with Gasteiger partial charge in [0.2, 0.25) is 11.9 Å². The summed E-state index contributed by atoms with van der Waals surface area (Å²) in [5.41, 5.74) is 7.69. The molecule has 27 heavy (non-hydrogen) atoms. The first-order valence-electron chi connectivity index (χ1n) is 8.44. The molecule has 3 N–H and O–H groups in total. The predicted molar refractivity (Wildman–Crippen MR) is 106 cm³/mol. The monoisotopic (exact) mass is 363 g/mol. The number of para-hydroxylation sites is 1. The Bertz CT molecular complexity index is 929. The maximum atomic E-state index is 5.82. The van der Waals surface area contributed by atoms with E-state index in [-0.39, 0.29) is 12.6 Å². The van der Waals surface area contributed by atoms with Gasteiger partial charge in [-0.05, 0) is 36.8 Å². The summed E-state index contributed by atoms with van der Waals surface area (Å²) in [4.78, 5) is 12.6. The third-order valence-corrected chi connectivity index (χ3v) is 3.63. The quantitative estimate of drug-likeness (QED) is 0.659. The molecule has 0 fully saturated rings. The van der Waals surface area contributed by atoms with Crippen molar-refractivity contribution in [3.05, 3.63) is 66.0 Å². The lowest BCUT2D eigenvalue weighted by atomic mass is 10.2. The number of benzene rings is 2. The summed E-state index contributed by atoms with van der Waals surface area (Å²) in [6.45, 7) is 2.10. The molecule has 1 aromatic heterocycles. The Morgan fingerprint density at radius 2 is 1.85 bits per heavy atom. The lowest BCUT2D eigenvalue weighted by Crippen LogP contribution is -2.09. The molecular weight excluding hydrogens is 342 g/mol. The number of ether oxygens (including phenoxy) is 2. The molecule has 0 bridgehead atoms. The number of rotatable bonds is 7. The number of nitrogens with two attached hydrogens (primary N) is 1. The molecule has 0 aliphatic rings. The van der Waals surface area contributed by atoms with E-state index >= 15 is 0 Å². The highest BCUT2D eigenvalue weighted by molar-refractivity contribution is 5.56. The second-order valence-electron chi connectivity index (χ2n) is 5.62. The molecule has 1 heterocycles. The van der Waals surface area contributed by atoms with Crippen LogP contribution in [0.1, 0.15) is 18.3 Å². The van der Waals surface area contributed by atoms with Gasteiger partial charge in [-0.1, -0.05) is 36.4 Å². The fourth-order valence-corrected chi connectivity index (χ4v) is 2.45. The van der Waals surface area contributed by atoms with Crippen molar-refractivity contribution < 1.29 is 9.47 Å². The SMILES string of the molecule is C/C=C/c1ccc(OCc2nc(N)nc(Nc3ccccc3)n2)c(OC)c1. The summed E-state index contributed by atoms with van der Waals surface area (Å²) >= 11 is 0. The average Bonchev–Trinajstić information content (AvgIpc) is 2.67. The Balaban J connectivity index is 1.74. The van der Waals surface area contributed by atoms with Crippen LogP contribution in [0, 0.1) is 0 Å². The van der Waals surface area contributed by atoms with Crippen molar-refractivity contribution in [3.63, 3.8) is 0 Å². The van der Waals surface area contributed by atoms with Crippen LogP contribution in [0.5, 0.6) is 11.5 Å². The first-order chi connectivity index (χ1) is 13.2. The maximum Gasteiger partial charge on any atom is 0.232 e. The van der Waals surface area contributed by atoms with E-state index in [4.69, 9.17) is 15.2 Å². The molecule has 138 valence electrons. The summed E-state index contributed by atoms with van der Waals surface area (Å²) in [5, 5.41) is 3.10. The first-order valence-corrected chi connectivity index (χ1v) is 8.44. The van der Waals surface area contributed by atoms with Gasteiger partial charge in [-0.25, -0.2) is 0 Å². The largest absolute Gasteiger partial charge is 0.493 e. The van der Waals surface area contributed by atoms with Crippen LogP contribution in [0.3, 0.4) is 0 Å². The molecule has 3 rings (SSSR count). The standard InChI is InChI=1S/C20H21N5O2/c1-3-7-14-10-11-16(17(12-14)26-2)27-13-18-23-19(21)25-20(24-18)22-15-8-5-4-6-9-15/h3-12H,13H2,1-2H3,(H3,21,22,23,24,25)/b7-3+. The van der Waals surface area contributed by atoms with Gasteiger partial charge in [0.05, 0.1) is 7.11 Å². The number of hydrogen-bond acceptors (Lipinski definition) is 7. The minimum absolute atomic E-state index is 0.123. The third-order valence-electron chi connectivity index (χ3n) is 3.63. The van der Waals surface area contributed by atoms with E-state index in [1.54, 1.807) is 7.11 Å². The van der Waals surface area contributed by atoms with Gasteiger partial charge in [0.15, 0.2) is 17.3 Å². The van der Waals surface area contributed by atoms with Gasteiger partial charge in [-0.3, -0.25) is 0 Å². The highest BCUT2D eigenvalue weighted by atomic mass is 16.5. The summed E-state index contributed by atoms with van der Waals surface area (Å²) < 4.78 is 11.2. The summed E-state index contributed by atoms with van der Waals surface area (Å²) in [6.07, 6.45) is 3.95.